The molecule has 8 nitrogen and oxygen atoms in total. The number of methoxy groups -OCH3 is 1. The number of nitrogens with zero attached hydrogens (tertiary/aromatic N) is 5. The van der Waals surface area contributed by atoms with Crippen LogP contribution in [0, 0.1) is 6.92 Å². The molecular weight excluding hydrogens is 452 g/mol. The molecule has 0 spiro atoms. The molecule has 5 aromatic rings. The van der Waals surface area contributed by atoms with Crippen LogP contribution in [0.3, 0.4) is 0 Å². The molecule has 0 radical (unpaired) electrons. The Labute approximate surface area is 208 Å². The minimum Gasteiger partial charge on any atom is -0.497 e. The van der Waals surface area contributed by atoms with Gasteiger partial charge in [0.2, 0.25) is 0 Å². The molecule has 0 bridgehead atoms. The molecule has 0 amide bonds. The van der Waals surface area contributed by atoms with E-state index in [2.05, 4.69) is 49.7 Å². The topological polar surface area (TPSA) is 88.9 Å². The van der Waals surface area contributed by atoms with E-state index in [4.69, 9.17) is 4.74 Å². The van der Waals surface area contributed by atoms with Crippen LogP contribution in [0.1, 0.15) is 34.1 Å². The summed E-state index contributed by atoms with van der Waals surface area (Å²) in [6.45, 7) is 3.29. The second-order valence-electron chi connectivity index (χ2n) is 9.16. The van der Waals surface area contributed by atoms with Crippen LogP contribution in [0.4, 0.5) is 5.69 Å². The Kier molecular flexibility index (Phi) is 5.48. The van der Waals surface area contributed by atoms with Gasteiger partial charge in [0, 0.05) is 23.3 Å². The molecule has 36 heavy (non-hydrogen) atoms. The largest absolute Gasteiger partial charge is 0.497 e. The van der Waals surface area contributed by atoms with Crippen molar-refractivity contribution in [1.29, 1.82) is 0 Å². The highest BCUT2D eigenvalue weighted by atomic mass is 16.5. The normalized spacial score (nSPS) is 13.7. The third-order valence-electron chi connectivity index (χ3n) is 6.85. The van der Waals surface area contributed by atoms with E-state index in [-0.39, 0.29) is 5.56 Å². The fourth-order valence-corrected chi connectivity index (χ4v) is 5.05. The van der Waals surface area contributed by atoms with Gasteiger partial charge in [0.25, 0.3) is 5.56 Å². The molecule has 0 unspecified atom stereocenters. The van der Waals surface area contributed by atoms with E-state index in [0.717, 1.165) is 46.4 Å². The molecule has 1 aliphatic heterocycles. The first kappa shape index (κ1) is 22.0. The lowest BCUT2D eigenvalue weighted by molar-refractivity contribution is 0.414. The number of anilines is 1. The van der Waals surface area contributed by atoms with Crippen LogP contribution in [-0.4, -0.2) is 38.8 Å². The first-order chi connectivity index (χ1) is 17.6. The van der Waals surface area contributed by atoms with Crippen LogP contribution in [0.15, 0.2) is 77.6 Å². The van der Waals surface area contributed by atoms with Gasteiger partial charge in [0.15, 0.2) is 5.82 Å². The molecule has 1 aliphatic rings. The second-order valence-corrected chi connectivity index (χ2v) is 9.16. The summed E-state index contributed by atoms with van der Waals surface area (Å²) < 4.78 is 7.07. The molecule has 0 saturated heterocycles. The minimum atomic E-state index is -0.449. The number of tetrazole rings is 1. The summed E-state index contributed by atoms with van der Waals surface area (Å²) in [4.78, 5) is 18.8. The fraction of sp³-hybridized carbons (Fsp3) is 0.214. The summed E-state index contributed by atoms with van der Waals surface area (Å²) in [5.41, 5.74) is 5.82. The average molecular weight is 479 g/mol. The third-order valence-corrected chi connectivity index (χ3v) is 6.85. The van der Waals surface area contributed by atoms with E-state index in [0.29, 0.717) is 17.9 Å². The summed E-state index contributed by atoms with van der Waals surface area (Å²) >= 11 is 0. The van der Waals surface area contributed by atoms with E-state index in [1.54, 1.807) is 11.8 Å². The molecule has 3 heterocycles. The number of benzene rings is 3. The van der Waals surface area contributed by atoms with E-state index >= 15 is 0 Å². The number of ether oxygens (including phenoxy) is 1. The molecule has 0 fully saturated rings. The van der Waals surface area contributed by atoms with Gasteiger partial charge < -0.3 is 14.6 Å². The van der Waals surface area contributed by atoms with Gasteiger partial charge in [-0.1, -0.05) is 42.0 Å². The van der Waals surface area contributed by atoms with Crippen LogP contribution in [0.25, 0.3) is 10.9 Å². The van der Waals surface area contributed by atoms with Crippen molar-refractivity contribution in [2.45, 2.75) is 25.9 Å². The Morgan fingerprint density at radius 1 is 1.06 bits per heavy atom. The highest BCUT2D eigenvalue weighted by Crippen LogP contribution is 2.37. The third kappa shape index (κ3) is 3.90. The van der Waals surface area contributed by atoms with Gasteiger partial charge in [-0.2, -0.15) is 0 Å². The molecule has 6 rings (SSSR count). The number of rotatable bonds is 6. The molecule has 1 atom stereocenters. The highest BCUT2D eigenvalue weighted by Gasteiger charge is 2.34. The lowest BCUT2D eigenvalue weighted by Gasteiger charge is -2.29. The van der Waals surface area contributed by atoms with Gasteiger partial charge in [0.05, 0.1) is 13.7 Å². The van der Waals surface area contributed by atoms with Gasteiger partial charge in [-0.3, -0.25) is 4.79 Å². The van der Waals surface area contributed by atoms with Gasteiger partial charge in [0.1, 0.15) is 11.8 Å². The van der Waals surface area contributed by atoms with Gasteiger partial charge in [-0.05, 0) is 76.7 Å². The van der Waals surface area contributed by atoms with Crippen molar-refractivity contribution in [3.05, 3.63) is 111 Å². The number of hydrogen-bond donors (Lipinski definition) is 1. The Morgan fingerprint density at radius 3 is 2.72 bits per heavy atom. The van der Waals surface area contributed by atoms with Crippen molar-refractivity contribution in [2.24, 2.45) is 0 Å². The quantitative estimate of drug-likeness (QED) is 0.396. The van der Waals surface area contributed by atoms with Crippen LogP contribution in [-0.2, 0) is 13.0 Å². The zero-order chi connectivity index (χ0) is 24.6. The van der Waals surface area contributed by atoms with Crippen LogP contribution < -0.4 is 15.2 Å². The smallest absolute Gasteiger partial charge is 0.254 e. The summed E-state index contributed by atoms with van der Waals surface area (Å²) in [7, 11) is 1.65. The number of aromatic amines is 1. The number of fused-ring (bicyclic) bond motifs is 2. The molecule has 8 heteroatoms. The summed E-state index contributed by atoms with van der Waals surface area (Å²) in [5.74, 6) is 1.42. The maximum absolute atomic E-state index is 13.5. The lowest BCUT2D eigenvalue weighted by atomic mass is 10.0. The Hall–Kier alpha value is -4.46. The Bertz CT molecular complexity index is 1610. The second kappa shape index (κ2) is 8.96. The predicted octanol–water partition coefficient (Wildman–Crippen LogP) is 4.03. The van der Waals surface area contributed by atoms with Crippen molar-refractivity contribution >= 4 is 16.6 Å². The zero-order valence-electron chi connectivity index (χ0n) is 20.2. The summed E-state index contributed by atoms with van der Waals surface area (Å²) in [6.07, 6.45) is 0.900. The van der Waals surface area contributed by atoms with E-state index in [1.165, 1.54) is 5.56 Å². The molecule has 0 saturated carbocycles. The Morgan fingerprint density at radius 2 is 1.89 bits per heavy atom. The van der Waals surface area contributed by atoms with Gasteiger partial charge in [-0.25, -0.2) is 4.68 Å². The van der Waals surface area contributed by atoms with E-state index in [9.17, 15) is 4.79 Å². The first-order valence-electron chi connectivity index (χ1n) is 12.0. The number of nitrogens with one attached hydrogen (secondary N) is 1. The maximum Gasteiger partial charge on any atom is 0.254 e. The van der Waals surface area contributed by atoms with Gasteiger partial charge >= 0.3 is 0 Å². The molecule has 180 valence electrons. The average Bonchev–Trinajstić information content (AvgIpc) is 3.53. The van der Waals surface area contributed by atoms with Crippen molar-refractivity contribution in [3.8, 4) is 5.75 Å². The van der Waals surface area contributed by atoms with Crippen LogP contribution in [0.5, 0.6) is 5.75 Å². The highest BCUT2D eigenvalue weighted by molar-refractivity contribution is 5.80. The number of hydrogen-bond acceptors (Lipinski definition) is 6. The molecule has 0 aliphatic carbocycles. The Balaban J connectivity index is 1.50. The SMILES string of the molecule is COc1ccc(Cn2nnnc2[C@H](c2cc3cc(C)ccc3[nH]c2=O)N2CCc3ccccc32)cc1. The zero-order valence-corrected chi connectivity index (χ0v) is 20.2. The predicted molar refractivity (Wildman–Crippen MR) is 139 cm³/mol. The summed E-state index contributed by atoms with van der Waals surface area (Å²) in [5, 5.41) is 13.8. The fourth-order valence-electron chi connectivity index (χ4n) is 5.05. The maximum atomic E-state index is 13.5. The number of aryl methyl sites for hydroxylation is 1. The monoisotopic (exact) mass is 478 g/mol. The van der Waals surface area contributed by atoms with Crippen molar-refractivity contribution in [2.75, 3.05) is 18.6 Å². The number of pyridine rings is 1. The summed E-state index contributed by atoms with van der Waals surface area (Å²) in [6, 6.07) is 23.7. The lowest BCUT2D eigenvalue weighted by Crippen LogP contribution is -2.34. The van der Waals surface area contributed by atoms with Crippen LogP contribution in [0.2, 0.25) is 0 Å². The number of para-hydroxylation sites is 1. The number of aromatic nitrogens is 5. The number of H-pyrrole nitrogens is 1. The van der Waals surface area contributed by atoms with E-state index in [1.807, 2.05) is 55.5 Å². The van der Waals surface area contributed by atoms with Gasteiger partial charge in [-0.15, -0.1) is 5.10 Å². The molecule has 3 aromatic carbocycles. The van der Waals surface area contributed by atoms with Crippen LogP contribution >= 0.6 is 0 Å². The standard InChI is InChI=1S/C28H26N6O2/c1-18-7-12-24-21(15-18)16-23(28(35)29-24)26(33-14-13-20-5-3-4-6-25(20)33)27-30-31-32-34(27)17-19-8-10-22(36-2)11-9-19/h3-12,15-16,26H,13-14,17H2,1-2H3,(H,29,35)/t26-/m0/s1. The van der Waals surface area contributed by atoms with Crippen molar-refractivity contribution in [3.63, 3.8) is 0 Å². The first-order valence-corrected chi connectivity index (χ1v) is 12.0. The van der Waals surface area contributed by atoms with Crippen molar-refractivity contribution < 1.29 is 4.74 Å². The molecular formula is C28H26N6O2. The van der Waals surface area contributed by atoms with Crippen molar-refractivity contribution in [1.82, 2.24) is 25.2 Å². The molecule has 2 aromatic heterocycles. The molecule has 1 N–H and O–H groups in total. The van der Waals surface area contributed by atoms with E-state index < -0.39 is 6.04 Å². The minimum absolute atomic E-state index is 0.139.